The van der Waals surface area contributed by atoms with Crippen LogP contribution in [0.4, 0.5) is 0 Å². The smallest absolute Gasteiger partial charge is 0.331 e. The summed E-state index contributed by atoms with van der Waals surface area (Å²) in [6, 6.07) is -3.00. The Hall–Kier alpha value is -9.34. The molecule has 3 fully saturated rings. The number of ether oxygens (including phenoxy) is 1. The monoisotopic (exact) mass is 1270 g/mol. The summed E-state index contributed by atoms with van der Waals surface area (Å²) in [5.74, 6) is -16.5. The Morgan fingerprint density at radius 3 is 1.93 bits per heavy atom. The van der Waals surface area contributed by atoms with E-state index in [2.05, 4.69) is 47.2 Å². The molecule has 0 spiro atoms. The highest BCUT2D eigenvalue weighted by molar-refractivity contribution is 6.07. The molecule has 91 heavy (non-hydrogen) atoms. The lowest BCUT2D eigenvalue weighted by Gasteiger charge is -2.33. The maximum Gasteiger partial charge on any atom is 0.331 e. The molecule has 10 amide bonds. The second-order valence-electron chi connectivity index (χ2n) is 23.1. The fourth-order valence-electron chi connectivity index (χ4n) is 10.9. The number of carbonyl (C=O) groups excluding carboxylic acids is 11. The third-order valence-electron chi connectivity index (χ3n) is 16.2. The van der Waals surface area contributed by atoms with Crippen LogP contribution in [-0.4, -0.2) is 233 Å². The molecule has 15 atom stereocenters. The number of para-hydroxylation sites is 2. The number of nitrogens with two attached hydrogens (primary N) is 1. The van der Waals surface area contributed by atoms with Crippen molar-refractivity contribution in [1.29, 1.82) is 0 Å². The van der Waals surface area contributed by atoms with Crippen LogP contribution in [0.1, 0.15) is 77.8 Å². The SMILES string of the molecule is CC(C)[C@H](O)[C@H]1NC(=O)[C@H]2[C@H](O)CCN2C(=O)CNC(=O)[C@@H](C)NC(=O)[C@@H]([C@@H](C)O)NC(=O)[C@@H](NC(=O)[C@H](CO)NC(=O)[C@@H](N)CC(=O)O)[C@@H](C)OC(=O)[C@H]2[C@@H](O)CCN2C(=O)/C(=C\c2c[nH]c3ccccc23)NC(=O)[C@H]([C@@H](C)c2c[nH]c3ccccc23)NC1=O. The van der Waals surface area contributed by atoms with Crippen LogP contribution in [0, 0.1) is 5.92 Å². The zero-order valence-corrected chi connectivity index (χ0v) is 50.5. The molecular formula is C59H77N13O19. The molecule has 18 N–H and O–H groups in total. The van der Waals surface area contributed by atoms with Gasteiger partial charge < -0.3 is 103 Å². The number of aromatic nitrogens is 2. The first-order valence-corrected chi connectivity index (χ1v) is 29.4. The van der Waals surface area contributed by atoms with Crippen LogP contribution in [0.3, 0.4) is 0 Å². The van der Waals surface area contributed by atoms with Crippen molar-refractivity contribution in [3.63, 3.8) is 0 Å². The van der Waals surface area contributed by atoms with Crippen LogP contribution in [0.2, 0.25) is 0 Å². The van der Waals surface area contributed by atoms with E-state index in [-0.39, 0.29) is 19.4 Å². The van der Waals surface area contributed by atoms with Crippen LogP contribution >= 0.6 is 0 Å². The number of hydrogen-bond donors (Lipinski definition) is 17. The number of H-pyrrole nitrogens is 2. The van der Waals surface area contributed by atoms with E-state index >= 15 is 9.59 Å². The number of fused-ring (bicyclic) bond motifs is 4. The van der Waals surface area contributed by atoms with Gasteiger partial charge in [-0.25, -0.2) is 4.79 Å². The average molecular weight is 1270 g/mol. The summed E-state index contributed by atoms with van der Waals surface area (Å²) in [5, 5.41) is 84.7. The molecule has 2 aromatic carbocycles. The zero-order chi connectivity index (χ0) is 66.9. The number of cyclic esters (lactones) is 1. The lowest BCUT2D eigenvalue weighted by molar-refractivity contribution is -0.162. The third-order valence-corrected chi connectivity index (χ3v) is 16.2. The molecule has 5 heterocycles. The molecule has 0 bridgehead atoms. The predicted molar refractivity (Wildman–Crippen MR) is 319 cm³/mol. The number of hydrogen-bond acceptors (Lipinski definition) is 19. The molecule has 3 aliphatic heterocycles. The van der Waals surface area contributed by atoms with Gasteiger partial charge in [-0.05, 0) is 63.3 Å². The summed E-state index contributed by atoms with van der Waals surface area (Å²) in [6.07, 6.45) is -5.75. The molecule has 0 radical (unpaired) electrons. The van der Waals surface area contributed by atoms with E-state index in [0.29, 0.717) is 32.9 Å². The van der Waals surface area contributed by atoms with E-state index in [1.54, 1.807) is 61.7 Å². The first-order valence-electron chi connectivity index (χ1n) is 29.4. The molecule has 2 aromatic heterocycles. The van der Waals surface area contributed by atoms with Crippen molar-refractivity contribution in [2.24, 2.45) is 11.7 Å². The minimum Gasteiger partial charge on any atom is -0.481 e. The first-order chi connectivity index (χ1) is 43.0. The minimum absolute atomic E-state index is 0.166. The van der Waals surface area contributed by atoms with Crippen molar-refractivity contribution in [1.82, 2.24) is 62.3 Å². The van der Waals surface area contributed by atoms with Gasteiger partial charge >= 0.3 is 11.9 Å². The van der Waals surface area contributed by atoms with Gasteiger partial charge in [-0.3, -0.25) is 52.7 Å². The lowest BCUT2D eigenvalue weighted by Crippen LogP contribution is -2.64. The number of aliphatic hydroxyl groups excluding tert-OH is 5. The minimum atomic E-state index is -2.19. The number of nitrogens with zero attached hydrogens (tertiary/aromatic N) is 2. The lowest BCUT2D eigenvalue weighted by atomic mass is 9.91. The molecule has 4 aromatic rings. The van der Waals surface area contributed by atoms with Crippen LogP contribution in [0.15, 0.2) is 66.6 Å². The highest BCUT2D eigenvalue weighted by Gasteiger charge is 2.48. The number of nitrogens with one attached hydrogen (secondary N) is 10. The van der Waals surface area contributed by atoms with Gasteiger partial charge in [0.1, 0.15) is 54.1 Å². The fraction of sp³-hybridized carbons (Fsp3) is 0.492. The molecule has 32 nitrogen and oxygen atoms in total. The summed E-state index contributed by atoms with van der Waals surface area (Å²) >= 11 is 0. The van der Waals surface area contributed by atoms with E-state index in [1.807, 2.05) is 5.32 Å². The summed E-state index contributed by atoms with van der Waals surface area (Å²) in [4.78, 5) is 177. The Morgan fingerprint density at radius 2 is 1.30 bits per heavy atom. The van der Waals surface area contributed by atoms with Crippen LogP contribution in [-0.2, 0) is 62.3 Å². The van der Waals surface area contributed by atoms with Gasteiger partial charge in [0.2, 0.25) is 53.2 Å². The molecule has 32 heteroatoms. The predicted octanol–water partition coefficient (Wildman–Crippen LogP) is -4.98. The van der Waals surface area contributed by atoms with Gasteiger partial charge in [0.25, 0.3) is 5.91 Å². The highest BCUT2D eigenvalue weighted by atomic mass is 16.5. The topological polar surface area (TPSA) is 496 Å². The second-order valence-corrected chi connectivity index (χ2v) is 23.1. The van der Waals surface area contributed by atoms with Gasteiger partial charge in [0.15, 0.2) is 6.04 Å². The third kappa shape index (κ3) is 16.2. The Bertz CT molecular complexity index is 3460. The number of carboxylic acid groups (broad SMARTS) is 1. The Labute approximate surface area is 519 Å². The van der Waals surface area contributed by atoms with Gasteiger partial charge in [0, 0.05) is 58.8 Å². The fourth-order valence-corrected chi connectivity index (χ4v) is 10.9. The Balaban J connectivity index is 1.33. The summed E-state index contributed by atoms with van der Waals surface area (Å²) < 4.78 is 5.75. The van der Waals surface area contributed by atoms with Gasteiger partial charge in [-0.1, -0.05) is 57.2 Å². The molecule has 0 aliphatic carbocycles. The first kappa shape index (κ1) is 69.1. The molecule has 3 aliphatic rings. The number of carboxylic acids is 1. The van der Waals surface area contributed by atoms with E-state index in [1.165, 1.54) is 26.1 Å². The number of amides is 10. The van der Waals surface area contributed by atoms with Crippen molar-refractivity contribution in [2.45, 2.75) is 152 Å². The number of aromatic amines is 2. The van der Waals surface area contributed by atoms with Crippen LogP contribution in [0.5, 0.6) is 0 Å². The number of benzene rings is 2. The van der Waals surface area contributed by atoms with Crippen LogP contribution < -0.4 is 48.3 Å². The molecule has 3 saturated heterocycles. The Kier molecular flexibility index (Phi) is 22.8. The van der Waals surface area contributed by atoms with Crippen LogP contribution in [0.25, 0.3) is 27.9 Å². The largest absolute Gasteiger partial charge is 0.481 e. The normalized spacial score (nSPS) is 27.0. The summed E-state index contributed by atoms with van der Waals surface area (Å²) in [5.41, 5.74) is 7.08. The molecule has 7 rings (SSSR count). The highest BCUT2D eigenvalue weighted by Crippen LogP contribution is 2.30. The number of esters is 1. The number of aliphatic carboxylic acids is 1. The maximum atomic E-state index is 15.4. The van der Waals surface area contributed by atoms with Gasteiger partial charge in [0.05, 0.1) is 50.0 Å². The zero-order valence-electron chi connectivity index (χ0n) is 50.5. The van der Waals surface area contributed by atoms with E-state index in [9.17, 15) is 78.6 Å². The van der Waals surface area contributed by atoms with Crippen molar-refractivity contribution >= 4 is 98.9 Å². The molecule has 0 saturated carbocycles. The van der Waals surface area contributed by atoms with E-state index in [4.69, 9.17) is 10.5 Å². The summed E-state index contributed by atoms with van der Waals surface area (Å²) in [7, 11) is 0. The van der Waals surface area contributed by atoms with Crippen molar-refractivity contribution in [2.75, 3.05) is 26.2 Å². The average Bonchev–Trinajstić information content (AvgIpc) is 1.89. The quantitative estimate of drug-likeness (QED) is 0.0440. The Morgan fingerprint density at radius 1 is 0.714 bits per heavy atom. The van der Waals surface area contributed by atoms with Crippen molar-refractivity contribution < 1.29 is 92.9 Å². The molecule has 0 unspecified atom stereocenters. The second kappa shape index (κ2) is 30.0. The van der Waals surface area contributed by atoms with Gasteiger partial charge in [-0.2, -0.15) is 0 Å². The van der Waals surface area contributed by atoms with Crippen molar-refractivity contribution in [3.05, 3.63) is 77.7 Å². The van der Waals surface area contributed by atoms with E-state index in [0.717, 1.165) is 30.6 Å². The maximum absolute atomic E-state index is 15.4. The molecular weight excluding hydrogens is 1190 g/mol. The standard InChI is InChI=1S/C59H77N13O19/c1-25(2)49(80)46-56(87)67-43(26(3)33-22-62-36-14-10-8-12-32(33)36)53(84)65-37(19-30-21-61-35-13-9-7-11-31(30)35)58(89)72-18-16-40(76)48(72)59(90)91-29(6)45(69-52(83)38(24-73)66-51(82)34(60)20-42(78)79)55(86)68-44(28(5)74)54(85)64-27(4)50(81)63-23-41(77)71-17-15-39(75)47(71)57(88)70-46/h7-14,19,21-22,25-29,34,38-40,43-49,61-62,73-76,80H,15-18,20,23-24,60H2,1-6H3,(H,63,81)(H,64,85)(H,65,84)(H,66,82)(H,67,87)(H,68,86)(H,69,83)(H,70,88)(H,78,79)/b37-19+/t26-,27+,28+,29+,34-,38-,39+,40-,43-,44+,45-,46+,47+,48+,49-/m0/s1. The molecule has 492 valence electrons. The number of rotatable bonds is 13. The number of carbonyl (C=O) groups is 12. The number of aliphatic hydroxyl groups is 5. The van der Waals surface area contributed by atoms with E-state index < -0.39 is 200 Å². The van der Waals surface area contributed by atoms with Gasteiger partial charge in [-0.15, -0.1) is 0 Å². The summed E-state index contributed by atoms with van der Waals surface area (Å²) in [6.45, 7) is 5.17. The van der Waals surface area contributed by atoms with Crippen molar-refractivity contribution in [3.8, 4) is 0 Å².